The van der Waals surface area contributed by atoms with Crippen molar-refractivity contribution in [2.45, 2.75) is 26.2 Å². The molecule has 1 aromatic heterocycles. The quantitative estimate of drug-likeness (QED) is 0.812. The van der Waals surface area contributed by atoms with E-state index in [0.29, 0.717) is 5.92 Å². The lowest BCUT2D eigenvalue weighted by Crippen LogP contribution is -2.48. The van der Waals surface area contributed by atoms with Crippen LogP contribution in [0.2, 0.25) is 0 Å². The highest BCUT2D eigenvalue weighted by Gasteiger charge is 2.23. The molecule has 0 radical (unpaired) electrons. The second-order valence-corrected chi connectivity index (χ2v) is 5.75. The minimum absolute atomic E-state index is 0.150. The van der Waals surface area contributed by atoms with Gasteiger partial charge in [-0.25, -0.2) is 9.97 Å². The molecule has 0 spiro atoms. The maximum absolute atomic E-state index is 11.4. The number of rotatable bonds is 2. The van der Waals surface area contributed by atoms with Crippen molar-refractivity contribution in [1.82, 2.24) is 14.9 Å². The second-order valence-electron chi connectivity index (χ2n) is 5.75. The van der Waals surface area contributed by atoms with E-state index in [2.05, 4.69) is 20.9 Å². The summed E-state index contributed by atoms with van der Waals surface area (Å²) in [5.41, 5.74) is 1.09. The van der Waals surface area contributed by atoms with E-state index in [1.165, 1.54) is 0 Å². The Balaban J connectivity index is 1.74. The Hall–Kier alpha value is -1.69. The van der Waals surface area contributed by atoms with E-state index < -0.39 is 0 Å². The predicted octanol–water partition coefficient (Wildman–Crippen LogP) is 0.957. The van der Waals surface area contributed by atoms with Gasteiger partial charge in [0.1, 0.15) is 11.6 Å². The van der Waals surface area contributed by atoms with E-state index in [1.54, 1.807) is 6.92 Å². The van der Waals surface area contributed by atoms with Gasteiger partial charge in [0, 0.05) is 51.7 Å². The Bertz CT molecular complexity index is 520. The molecule has 2 saturated heterocycles. The van der Waals surface area contributed by atoms with Crippen molar-refractivity contribution < 1.29 is 9.53 Å². The van der Waals surface area contributed by atoms with Gasteiger partial charge in [-0.3, -0.25) is 4.79 Å². The molecule has 6 heteroatoms. The zero-order chi connectivity index (χ0) is 14.8. The molecule has 3 rings (SSSR count). The fourth-order valence-corrected chi connectivity index (χ4v) is 2.96. The summed E-state index contributed by atoms with van der Waals surface area (Å²) in [5.74, 6) is 2.33. The maximum atomic E-state index is 11.4. The lowest BCUT2D eigenvalue weighted by molar-refractivity contribution is -0.129. The number of nitrogens with zero attached hydrogens (tertiary/aromatic N) is 4. The van der Waals surface area contributed by atoms with Crippen LogP contribution < -0.4 is 4.90 Å². The van der Waals surface area contributed by atoms with Gasteiger partial charge in [-0.15, -0.1) is 0 Å². The predicted molar refractivity (Wildman–Crippen MR) is 79.4 cm³/mol. The smallest absolute Gasteiger partial charge is 0.219 e. The number of carbonyl (C=O) groups excluding carboxylic acids is 1. The molecule has 1 aromatic rings. The SMILES string of the molecule is CC(=O)N1CCN(c2cc([C@H]3CCOC3)nc(C)n2)CC1. The number of hydrogen-bond donors (Lipinski definition) is 0. The molecule has 0 bridgehead atoms. The fourth-order valence-electron chi connectivity index (χ4n) is 2.96. The molecule has 3 heterocycles. The largest absolute Gasteiger partial charge is 0.381 e. The van der Waals surface area contributed by atoms with Crippen molar-refractivity contribution in [2.24, 2.45) is 0 Å². The fraction of sp³-hybridized carbons (Fsp3) is 0.667. The zero-order valence-corrected chi connectivity index (χ0v) is 12.7. The number of aryl methyl sites for hydroxylation is 1. The molecule has 0 N–H and O–H groups in total. The molecule has 1 amide bonds. The molecule has 2 aliphatic rings. The van der Waals surface area contributed by atoms with Gasteiger partial charge >= 0.3 is 0 Å². The maximum Gasteiger partial charge on any atom is 0.219 e. The normalized spacial score (nSPS) is 22.7. The Morgan fingerprint density at radius 2 is 2.05 bits per heavy atom. The Labute approximate surface area is 125 Å². The highest BCUT2D eigenvalue weighted by molar-refractivity contribution is 5.73. The first-order valence-electron chi connectivity index (χ1n) is 7.57. The summed E-state index contributed by atoms with van der Waals surface area (Å²) in [4.78, 5) is 24.7. The molecule has 0 saturated carbocycles. The van der Waals surface area contributed by atoms with Crippen LogP contribution in [-0.2, 0) is 9.53 Å². The molecule has 2 aliphatic heterocycles. The third kappa shape index (κ3) is 3.15. The highest BCUT2D eigenvalue weighted by atomic mass is 16.5. The van der Waals surface area contributed by atoms with Crippen molar-refractivity contribution in [3.63, 3.8) is 0 Å². The molecule has 2 fully saturated rings. The average molecular weight is 290 g/mol. The van der Waals surface area contributed by atoms with E-state index in [1.807, 2.05) is 11.8 Å². The summed E-state index contributed by atoms with van der Waals surface area (Å²) in [7, 11) is 0. The van der Waals surface area contributed by atoms with Gasteiger partial charge in [0.15, 0.2) is 0 Å². The molecular weight excluding hydrogens is 268 g/mol. The number of ether oxygens (including phenoxy) is 1. The number of anilines is 1. The summed E-state index contributed by atoms with van der Waals surface area (Å²) < 4.78 is 5.46. The van der Waals surface area contributed by atoms with Crippen LogP contribution >= 0.6 is 0 Å². The molecule has 114 valence electrons. The molecule has 21 heavy (non-hydrogen) atoms. The lowest BCUT2D eigenvalue weighted by atomic mass is 10.0. The minimum Gasteiger partial charge on any atom is -0.381 e. The minimum atomic E-state index is 0.150. The molecule has 0 aromatic carbocycles. The Kier molecular flexibility index (Phi) is 4.05. The van der Waals surface area contributed by atoms with E-state index in [9.17, 15) is 4.79 Å². The third-order valence-electron chi connectivity index (χ3n) is 4.24. The van der Waals surface area contributed by atoms with Crippen molar-refractivity contribution in [3.8, 4) is 0 Å². The highest BCUT2D eigenvalue weighted by Crippen LogP contribution is 2.26. The number of aromatic nitrogens is 2. The first kappa shape index (κ1) is 14.3. The van der Waals surface area contributed by atoms with Crippen LogP contribution in [0.1, 0.15) is 30.8 Å². The molecule has 0 aliphatic carbocycles. The van der Waals surface area contributed by atoms with Crippen LogP contribution in [0.15, 0.2) is 6.07 Å². The van der Waals surface area contributed by atoms with E-state index in [-0.39, 0.29) is 5.91 Å². The van der Waals surface area contributed by atoms with Crippen LogP contribution in [-0.4, -0.2) is 60.2 Å². The summed E-state index contributed by atoms with van der Waals surface area (Å²) in [5, 5.41) is 0. The van der Waals surface area contributed by atoms with Crippen molar-refractivity contribution in [2.75, 3.05) is 44.3 Å². The number of carbonyl (C=O) groups is 1. The number of piperazine rings is 1. The number of amides is 1. The first-order valence-corrected chi connectivity index (χ1v) is 7.57. The molecule has 1 atom stereocenters. The standard InChI is InChI=1S/C15H22N4O2/c1-11-16-14(13-3-8-21-10-13)9-15(17-11)19-6-4-18(5-7-19)12(2)20/h9,13H,3-8,10H2,1-2H3/t13-/m0/s1. The van der Waals surface area contributed by atoms with Crippen molar-refractivity contribution in [1.29, 1.82) is 0 Å². The van der Waals surface area contributed by atoms with Crippen LogP contribution in [0.4, 0.5) is 5.82 Å². The Morgan fingerprint density at radius 3 is 2.67 bits per heavy atom. The van der Waals surface area contributed by atoms with Crippen LogP contribution in [0.3, 0.4) is 0 Å². The number of hydrogen-bond acceptors (Lipinski definition) is 5. The molecule has 0 unspecified atom stereocenters. The zero-order valence-electron chi connectivity index (χ0n) is 12.7. The Morgan fingerprint density at radius 1 is 1.29 bits per heavy atom. The van der Waals surface area contributed by atoms with Gasteiger partial charge in [-0.05, 0) is 13.3 Å². The van der Waals surface area contributed by atoms with Gasteiger partial charge in [0.05, 0.1) is 12.3 Å². The summed E-state index contributed by atoms with van der Waals surface area (Å²) in [6.07, 6.45) is 1.04. The van der Waals surface area contributed by atoms with Gasteiger partial charge < -0.3 is 14.5 Å². The van der Waals surface area contributed by atoms with Crippen LogP contribution in [0.25, 0.3) is 0 Å². The second kappa shape index (κ2) is 5.97. The summed E-state index contributed by atoms with van der Waals surface area (Å²) in [6.45, 7) is 8.33. The summed E-state index contributed by atoms with van der Waals surface area (Å²) >= 11 is 0. The average Bonchev–Trinajstić information content (AvgIpc) is 3.01. The third-order valence-corrected chi connectivity index (χ3v) is 4.24. The van der Waals surface area contributed by atoms with Gasteiger partial charge in [-0.1, -0.05) is 0 Å². The van der Waals surface area contributed by atoms with Crippen molar-refractivity contribution in [3.05, 3.63) is 17.6 Å². The molecule has 6 nitrogen and oxygen atoms in total. The lowest BCUT2D eigenvalue weighted by Gasteiger charge is -2.35. The van der Waals surface area contributed by atoms with Gasteiger partial charge in [-0.2, -0.15) is 0 Å². The first-order chi connectivity index (χ1) is 10.1. The van der Waals surface area contributed by atoms with Crippen molar-refractivity contribution >= 4 is 11.7 Å². The van der Waals surface area contributed by atoms with Gasteiger partial charge in [0.2, 0.25) is 5.91 Å². The van der Waals surface area contributed by atoms with E-state index in [4.69, 9.17) is 4.74 Å². The summed E-state index contributed by atoms with van der Waals surface area (Å²) in [6, 6.07) is 2.09. The monoisotopic (exact) mass is 290 g/mol. The topological polar surface area (TPSA) is 58.6 Å². The van der Waals surface area contributed by atoms with Crippen LogP contribution in [0.5, 0.6) is 0 Å². The van der Waals surface area contributed by atoms with E-state index >= 15 is 0 Å². The van der Waals surface area contributed by atoms with Crippen LogP contribution in [0, 0.1) is 6.92 Å². The van der Waals surface area contributed by atoms with E-state index in [0.717, 1.165) is 63.1 Å². The molecular formula is C15H22N4O2. The van der Waals surface area contributed by atoms with Gasteiger partial charge in [0.25, 0.3) is 0 Å².